The second-order valence-electron chi connectivity index (χ2n) is 5.34. The third kappa shape index (κ3) is 3.28. The Bertz CT molecular complexity index is 647. The van der Waals surface area contributed by atoms with Crippen LogP contribution in [0.2, 0.25) is 0 Å². The predicted octanol–water partition coefficient (Wildman–Crippen LogP) is 2.37. The Hall–Kier alpha value is -2.34. The second kappa shape index (κ2) is 6.62. The zero-order valence-electron chi connectivity index (χ0n) is 12.1. The van der Waals surface area contributed by atoms with Crippen molar-refractivity contribution in [1.82, 2.24) is 10.2 Å². The number of aromatic hydroxyl groups is 1. The zero-order valence-corrected chi connectivity index (χ0v) is 12.1. The number of aromatic nitrogens is 2. The average Bonchev–Trinajstić information content (AvgIpc) is 3.04. The van der Waals surface area contributed by atoms with Gasteiger partial charge in [-0.1, -0.05) is 12.1 Å². The Morgan fingerprint density at radius 3 is 2.91 bits per heavy atom. The number of carbonyl (C=O) groups excluding carboxylic acids is 1. The molecule has 2 heterocycles. The van der Waals surface area contributed by atoms with Crippen LogP contribution in [-0.2, 0) is 9.47 Å². The summed E-state index contributed by atoms with van der Waals surface area (Å²) < 4.78 is 10.6. The molecular weight excluding hydrogens is 284 g/mol. The lowest BCUT2D eigenvalue weighted by Crippen LogP contribution is -2.22. The van der Waals surface area contributed by atoms with Crippen LogP contribution >= 0.6 is 0 Å². The number of benzene rings is 1. The van der Waals surface area contributed by atoms with E-state index < -0.39 is 5.97 Å². The largest absolute Gasteiger partial charge is 0.507 e. The van der Waals surface area contributed by atoms with E-state index in [-0.39, 0.29) is 11.4 Å². The number of esters is 1. The number of para-hydroxylation sites is 1. The number of H-pyrrole nitrogens is 1. The molecule has 1 saturated heterocycles. The average molecular weight is 302 g/mol. The van der Waals surface area contributed by atoms with Crippen molar-refractivity contribution in [2.24, 2.45) is 5.92 Å². The van der Waals surface area contributed by atoms with E-state index in [0.717, 1.165) is 26.1 Å². The summed E-state index contributed by atoms with van der Waals surface area (Å²) in [5, 5.41) is 16.5. The molecule has 2 aromatic rings. The molecule has 0 bridgehead atoms. The number of carbonyl (C=O) groups is 1. The van der Waals surface area contributed by atoms with E-state index in [0.29, 0.717) is 23.8 Å². The van der Waals surface area contributed by atoms with Crippen LogP contribution in [0.3, 0.4) is 0 Å². The summed E-state index contributed by atoms with van der Waals surface area (Å²) in [7, 11) is 0. The molecule has 0 amide bonds. The standard InChI is InChI=1S/C16H18N2O4/c19-15-4-2-1-3-12(15)13-9-14(18-17-13)16(20)22-10-11-5-7-21-8-6-11/h1-4,9,11,19H,5-8,10H2,(H,17,18). The van der Waals surface area contributed by atoms with E-state index in [1.165, 1.54) is 0 Å². The SMILES string of the molecule is O=C(OCC1CCOCC1)c1cc(-c2ccccc2O)n[nH]1. The molecule has 1 aliphatic rings. The number of aromatic amines is 1. The molecular formula is C16H18N2O4. The first-order chi connectivity index (χ1) is 10.7. The van der Waals surface area contributed by atoms with E-state index in [4.69, 9.17) is 9.47 Å². The maximum absolute atomic E-state index is 12.0. The number of rotatable bonds is 4. The summed E-state index contributed by atoms with van der Waals surface area (Å²) in [6.45, 7) is 1.85. The lowest BCUT2D eigenvalue weighted by molar-refractivity contribution is 0.0181. The van der Waals surface area contributed by atoms with E-state index in [1.54, 1.807) is 30.3 Å². The number of phenols is 1. The highest BCUT2D eigenvalue weighted by Crippen LogP contribution is 2.27. The molecule has 1 fully saturated rings. The third-order valence-electron chi connectivity index (χ3n) is 3.77. The molecule has 22 heavy (non-hydrogen) atoms. The van der Waals surface area contributed by atoms with Gasteiger partial charge in [-0.2, -0.15) is 5.10 Å². The van der Waals surface area contributed by atoms with Gasteiger partial charge in [-0.05, 0) is 37.0 Å². The highest BCUT2D eigenvalue weighted by Gasteiger charge is 2.18. The van der Waals surface area contributed by atoms with Gasteiger partial charge in [0.15, 0.2) is 0 Å². The van der Waals surface area contributed by atoms with Gasteiger partial charge in [0.25, 0.3) is 0 Å². The molecule has 0 radical (unpaired) electrons. The minimum atomic E-state index is -0.430. The van der Waals surface area contributed by atoms with Gasteiger partial charge in [-0.25, -0.2) is 4.79 Å². The van der Waals surface area contributed by atoms with Gasteiger partial charge in [-0.15, -0.1) is 0 Å². The first-order valence-electron chi connectivity index (χ1n) is 7.32. The Labute approximate surface area is 128 Å². The molecule has 0 spiro atoms. The maximum Gasteiger partial charge on any atom is 0.356 e. The summed E-state index contributed by atoms with van der Waals surface area (Å²) in [6.07, 6.45) is 1.83. The predicted molar refractivity (Wildman–Crippen MR) is 79.5 cm³/mol. The molecule has 1 aromatic carbocycles. The van der Waals surface area contributed by atoms with E-state index in [9.17, 15) is 9.90 Å². The van der Waals surface area contributed by atoms with Gasteiger partial charge in [0.05, 0.1) is 12.3 Å². The first-order valence-corrected chi connectivity index (χ1v) is 7.32. The zero-order chi connectivity index (χ0) is 15.4. The number of ether oxygens (including phenoxy) is 2. The smallest absolute Gasteiger partial charge is 0.356 e. The molecule has 6 nitrogen and oxygen atoms in total. The molecule has 1 aromatic heterocycles. The molecule has 0 aliphatic carbocycles. The Morgan fingerprint density at radius 2 is 2.14 bits per heavy atom. The summed E-state index contributed by atoms with van der Waals surface area (Å²) in [5.74, 6) is 0.0510. The minimum absolute atomic E-state index is 0.121. The lowest BCUT2D eigenvalue weighted by Gasteiger charge is -2.21. The van der Waals surface area contributed by atoms with Crippen LogP contribution in [0.1, 0.15) is 23.3 Å². The number of hydrogen-bond donors (Lipinski definition) is 2. The summed E-state index contributed by atoms with van der Waals surface area (Å²) >= 11 is 0. The molecule has 0 atom stereocenters. The number of nitrogens with one attached hydrogen (secondary N) is 1. The minimum Gasteiger partial charge on any atom is -0.507 e. The topological polar surface area (TPSA) is 84.4 Å². The van der Waals surface area contributed by atoms with Gasteiger partial charge in [0.2, 0.25) is 0 Å². The number of hydrogen-bond acceptors (Lipinski definition) is 5. The van der Waals surface area contributed by atoms with Crippen LogP contribution in [0.15, 0.2) is 30.3 Å². The summed E-state index contributed by atoms with van der Waals surface area (Å²) in [4.78, 5) is 12.0. The van der Waals surface area contributed by atoms with Gasteiger partial charge >= 0.3 is 5.97 Å². The Balaban J connectivity index is 1.63. The summed E-state index contributed by atoms with van der Waals surface area (Å²) in [6, 6.07) is 8.43. The van der Waals surface area contributed by atoms with Crippen molar-refractivity contribution < 1.29 is 19.4 Å². The second-order valence-corrected chi connectivity index (χ2v) is 5.34. The number of nitrogens with zero attached hydrogens (tertiary/aromatic N) is 1. The van der Waals surface area contributed by atoms with Crippen LogP contribution < -0.4 is 0 Å². The Morgan fingerprint density at radius 1 is 1.36 bits per heavy atom. The van der Waals surface area contributed by atoms with Gasteiger partial charge in [0.1, 0.15) is 11.4 Å². The van der Waals surface area contributed by atoms with Crippen LogP contribution in [-0.4, -0.2) is 41.1 Å². The van der Waals surface area contributed by atoms with Gasteiger partial charge in [0, 0.05) is 18.8 Å². The maximum atomic E-state index is 12.0. The first kappa shape index (κ1) is 14.6. The van der Waals surface area contributed by atoms with Crippen molar-refractivity contribution in [3.05, 3.63) is 36.0 Å². The molecule has 6 heteroatoms. The molecule has 3 rings (SSSR count). The lowest BCUT2D eigenvalue weighted by atomic mass is 10.0. The molecule has 0 saturated carbocycles. The number of phenolic OH excluding ortho intramolecular Hbond substituents is 1. The normalized spacial score (nSPS) is 15.6. The fourth-order valence-electron chi connectivity index (χ4n) is 2.44. The van der Waals surface area contributed by atoms with E-state index in [1.807, 2.05) is 0 Å². The van der Waals surface area contributed by atoms with Crippen LogP contribution in [0, 0.1) is 5.92 Å². The molecule has 1 aliphatic heterocycles. The highest BCUT2D eigenvalue weighted by atomic mass is 16.5. The van der Waals surface area contributed by atoms with Crippen molar-refractivity contribution in [3.8, 4) is 17.0 Å². The van der Waals surface area contributed by atoms with Crippen molar-refractivity contribution in [3.63, 3.8) is 0 Å². The summed E-state index contributed by atoms with van der Waals surface area (Å²) in [5.41, 5.74) is 1.36. The van der Waals surface area contributed by atoms with Gasteiger partial charge in [-0.3, -0.25) is 5.10 Å². The van der Waals surface area contributed by atoms with E-state index >= 15 is 0 Å². The highest BCUT2D eigenvalue weighted by molar-refractivity contribution is 5.88. The third-order valence-corrected chi connectivity index (χ3v) is 3.77. The molecule has 116 valence electrons. The van der Waals surface area contributed by atoms with Gasteiger partial charge < -0.3 is 14.6 Å². The Kier molecular flexibility index (Phi) is 4.39. The van der Waals surface area contributed by atoms with Crippen molar-refractivity contribution in [1.29, 1.82) is 0 Å². The fourth-order valence-corrected chi connectivity index (χ4v) is 2.44. The van der Waals surface area contributed by atoms with Crippen LogP contribution in [0.5, 0.6) is 5.75 Å². The van der Waals surface area contributed by atoms with E-state index in [2.05, 4.69) is 10.2 Å². The molecule has 0 unspecified atom stereocenters. The monoisotopic (exact) mass is 302 g/mol. The van der Waals surface area contributed by atoms with Crippen LogP contribution in [0.25, 0.3) is 11.3 Å². The quantitative estimate of drug-likeness (QED) is 0.847. The van der Waals surface area contributed by atoms with Crippen molar-refractivity contribution >= 4 is 5.97 Å². The van der Waals surface area contributed by atoms with Crippen molar-refractivity contribution in [2.75, 3.05) is 19.8 Å². The molecule has 2 N–H and O–H groups in total. The van der Waals surface area contributed by atoms with Crippen molar-refractivity contribution in [2.45, 2.75) is 12.8 Å². The fraction of sp³-hybridized carbons (Fsp3) is 0.375. The van der Waals surface area contributed by atoms with Crippen LogP contribution in [0.4, 0.5) is 0 Å².